The van der Waals surface area contributed by atoms with Crippen molar-refractivity contribution in [3.8, 4) is 17.2 Å². The SMILES string of the molecule is Cc1ccccc1OCC(=O)N/N=C/c1cc2c(cc1[N+](=O)[O-])OCO2. The predicted molar refractivity (Wildman–Crippen MR) is 91.6 cm³/mol. The van der Waals surface area contributed by atoms with Crippen molar-refractivity contribution < 1.29 is 23.9 Å². The van der Waals surface area contributed by atoms with Gasteiger partial charge < -0.3 is 14.2 Å². The van der Waals surface area contributed by atoms with Crippen molar-refractivity contribution in [3.05, 3.63) is 57.6 Å². The van der Waals surface area contributed by atoms with Crippen LogP contribution in [0.2, 0.25) is 0 Å². The van der Waals surface area contributed by atoms with Crippen LogP contribution >= 0.6 is 0 Å². The average molecular weight is 357 g/mol. The van der Waals surface area contributed by atoms with Gasteiger partial charge in [0.1, 0.15) is 5.75 Å². The van der Waals surface area contributed by atoms with Gasteiger partial charge in [-0.1, -0.05) is 18.2 Å². The van der Waals surface area contributed by atoms with Gasteiger partial charge in [-0.05, 0) is 24.6 Å². The molecule has 0 saturated carbocycles. The number of nitrogens with zero attached hydrogens (tertiary/aromatic N) is 2. The van der Waals surface area contributed by atoms with Crippen molar-refractivity contribution in [1.29, 1.82) is 0 Å². The smallest absolute Gasteiger partial charge is 0.282 e. The standard InChI is InChI=1S/C17H15N3O6/c1-11-4-2-3-5-14(11)24-9-17(21)19-18-8-12-6-15-16(26-10-25-15)7-13(12)20(22)23/h2-8H,9-10H2,1H3,(H,19,21)/b18-8+. The van der Waals surface area contributed by atoms with Gasteiger partial charge in [-0.25, -0.2) is 5.43 Å². The molecular formula is C17H15N3O6. The van der Waals surface area contributed by atoms with E-state index in [4.69, 9.17) is 14.2 Å². The molecule has 134 valence electrons. The van der Waals surface area contributed by atoms with Crippen molar-refractivity contribution in [2.75, 3.05) is 13.4 Å². The van der Waals surface area contributed by atoms with Crippen molar-refractivity contribution in [3.63, 3.8) is 0 Å². The van der Waals surface area contributed by atoms with Crippen molar-refractivity contribution in [2.24, 2.45) is 5.10 Å². The Bertz CT molecular complexity index is 881. The van der Waals surface area contributed by atoms with E-state index in [0.29, 0.717) is 17.2 Å². The van der Waals surface area contributed by atoms with E-state index < -0.39 is 10.8 Å². The van der Waals surface area contributed by atoms with E-state index in [1.54, 1.807) is 12.1 Å². The van der Waals surface area contributed by atoms with E-state index in [1.165, 1.54) is 18.3 Å². The number of fused-ring (bicyclic) bond motifs is 1. The number of hydrogen-bond acceptors (Lipinski definition) is 7. The lowest BCUT2D eigenvalue weighted by atomic mass is 10.1. The zero-order valence-electron chi connectivity index (χ0n) is 13.8. The monoisotopic (exact) mass is 357 g/mol. The number of carbonyl (C=O) groups excluding carboxylic acids is 1. The molecule has 2 aromatic rings. The number of aryl methyl sites for hydroxylation is 1. The van der Waals surface area contributed by atoms with Gasteiger partial charge in [0.15, 0.2) is 18.1 Å². The summed E-state index contributed by atoms with van der Waals surface area (Å²) < 4.78 is 15.7. The van der Waals surface area contributed by atoms with Crippen LogP contribution in [0.5, 0.6) is 17.2 Å². The molecule has 2 aromatic carbocycles. The van der Waals surface area contributed by atoms with Gasteiger partial charge >= 0.3 is 0 Å². The predicted octanol–water partition coefficient (Wildman–Crippen LogP) is 2.16. The van der Waals surface area contributed by atoms with E-state index in [0.717, 1.165) is 5.56 Å². The fraction of sp³-hybridized carbons (Fsp3) is 0.176. The zero-order valence-corrected chi connectivity index (χ0v) is 13.8. The molecule has 1 heterocycles. The second kappa shape index (κ2) is 7.51. The number of nitro benzene ring substituents is 1. The molecule has 0 atom stereocenters. The van der Waals surface area contributed by atoms with Crippen LogP contribution in [0.3, 0.4) is 0 Å². The Morgan fingerprint density at radius 1 is 1.35 bits per heavy atom. The van der Waals surface area contributed by atoms with Gasteiger partial charge in [-0.3, -0.25) is 14.9 Å². The first-order valence-electron chi connectivity index (χ1n) is 7.63. The summed E-state index contributed by atoms with van der Waals surface area (Å²) in [6.07, 6.45) is 1.17. The Morgan fingerprint density at radius 2 is 2.08 bits per heavy atom. The molecule has 1 amide bonds. The van der Waals surface area contributed by atoms with Gasteiger partial charge in [0, 0.05) is 0 Å². The van der Waals surface area contributed by atoms with Crippen molar-refractivity contribution in [2.45, 2.75) is 6.92 Å². The highest BCUT2D eigenvalue weighted by Crippen LogP contribution is 2.37. The molecular weight excluding hydrogens is 342 g/mol. The molecule has 3 rings (SSSR count). The van der Waals surface area contributed by atoms with Crippen LogP contribution in [0.4, 0.5) is 5.69 Å². The minimum atomic E-state index is -0.563. The fourth-order valence-corrected chi connectivity index (χ4v) is 2.28. The zero-order chi connectivity index (χ0) is 18.5. The Labute approximate surface area is 148 Å². The quantitative estimate of drug-likeness (QED) is 0.482. The maximum atomic E-state index is 11.8. The molecule has 0 spiro atoms. The number of benzene rings is 2. The highest BCUT2D eigenvalue weighted by Gasteiger charge is 2.22. The summed E-state index contributed by atoms with van der Waals surface area (Å²) in [6, 6.07) is 9.97. The van der Waals surface area contributed by atoms with Crippen LogP contribution in [0, 0.1) is 17.0 Å². The minimum Gasteiger partial charge on any atom is -0.483 e. The Kier molecular flexibility index (Phi) is 4.97. The summed E-state index contributed by atoms with van der Waals surface area (Å²) in [5.74, 6) is 0.779. The Morgan fingerprint density at radius 3 is 2.81 bits per heavy atom. The number of carbonyl (C=O) groups is 1. The summed E-state index contributed by atoms with van der Waals surface area (Å²) >= 11 is 0. The van der Waals surface area contributed by atoms with E-state index >= 15 is 0 Å². The third-order valence-corrected chi connectivity index (χ3v) is 3.56. The number of hydrogen-bond donors (Lipinski definition) is 1. The van der Waals surface area contributed by atoms with Crippen LogP contribution in [0.15, 0.2) is 41.5 Å². The molecule has 9 heteroatoms. The van der Waals surface area contributed by atoms with Crippen LogP contribution in [-0.4, -0.2) is 30.4 Å². The highest BCUT2D eigenvalue weighted by atomic mass is 16.7. The minimum absolute atomic E-state index is 0.0000608. The van der Waals surface area contributed by atoms with Crippen LogP contribution in [0.25, 0.3) is 0 Å². The molecule has 0 fully saturated rings. The van der Waals surface area contributed by atoms with Gasteiger partial charge in [0.05, 0.1) is 22.8 Å². The number of amides is 1. The fourth-order valence-electron chi connectivity index (χ4n) is 2.28. The van der Waals surface area contributed by atoms with Gasteiger partial charge in [0.25, 0.3) is 11.6 Å². The molecule has 0 aliphatic carbocycles. The maximum absolute atomic E-state index is 11.8. The number of nitro groups is 1. The lowest BCUT2D eigenvalue weighted by molar-refractivity contribution is -0.385. The third kappa shape index (κ3) is 3.89. The summed E-state index contributed by atoms with van der Waals surface area (Å²) in [5.41, 5.74) is 3.14. The molecule has 1 aliphatic rings. The van der Waals surface area contributed by atoms with E-state index in [2.05, 4.69) is 10.5 Å². The van der Waals surface area contributed by atoms with Gasteiger partial charge in [0.2, 0.25) is 6.79 Å². The van der Waals surface area contributed by atoms with Crippen molar-refractivity contribution >= 4 is 17.8 Å². The maximum Gasteiger partial charge on any atom is 0.282 e. The Hall–Kier alpha value is -3.62. The van der Waals surface area contributed by atoms with Crippen molar-refractivity contribution in [1.82, 2.24) is 5.43 Å². The summed E-state index contributed by atoms with van der Waals surface area (Å²) in [5, 5.41) is 14.9. The van der Waals surface area contributed by atoms with E-state index in [9.17, 15) is 14.9 Å². The third-order valence-electron chi connectivity index (χ3n) is 3.56. The number of para-hydroxylation sites is 1. The van der Waals surface area contributed by atoms with Crippen LogP contribution in [-0.2, 0) is 4.79 Å². The first kappa shape index (κ1) is 17.2. The Balaban J connectivity index is 1.62. The molecule has 1 aliphatic heterocycles. The highest BCUT2D eigenvalue weighted by molar-refractivity contribution is 5.88. The number of rotatable bonds is 6. The molecule has 1 N–H and O–H groups in total. The topological polar surface area (TPSA) is 112 Å². The van der Waals surface area contributed by atoms with Gasteiger partial charge in [-0.15, -0.1) is 0 Å². The van der Waals surface area contributed by atoms with E-state index in [-0.39, 0.29) is 24.7 Å². The molecule has 0 aromatic heterocycles. The number of nitrogens with one attached hydrogen (secondary N) is 1. The van der Waals surface area contributed by atoms with Crippen LogP contribution in [0.1, 0.15) is 11.1 Å². The molecule has 9 nitrogen and oxygen atoms in total. The largest absolute Gasteiger partial charge is 0.483 e. The molecule has 26 heavy (non-hydrogen) atoms. The molecule has 0 saturated heterocycles. The lowest BCUT2D eigenvalue weighted by Crippen LogP contribution is -2.24. The molecule has 0 unspecified atom stereocenters. The molecule has 0 radical (unpaired) electrons. The summed E-state index contributed by atoms with van der Waals surface area (Å²) in [7, 11) is 0. The summed E-state index contributed by atoms with van der Waals surface area (Å²) in [4.78, 5) is 22.4. The first-order valence-corrected chi connectivity index (χ1v) is 7.63. The number of ether oxygens (including phenoxy) is 3. The normalized spacial score (nSPS) is 12.2. The molecule has 0 bridgehead atoms. The second-order valence-electron chi connectivity index (χ2n) is 5.37. The second-order valence-corrected chi connectivity index (χ2v) is 5.37. The van der Waals surface area contributed by atoms with Crippen LogP contribution < -0.4 is 19.6 Å². The first-order chi connectivity index (χ1) is 12.5. The average Bonchev–Trinajstić information content (AvgIpc) is 3.07. The van der Waals surface area contributed by atoms with Gasteiger partial charge in [-0.2, -0.15) is 5.10 Å². The number of hydrazone groups is 1. The summed E-state index contributed by atoms with van der Waals surface area (Å²) in [6.45, 7) is 1.63. The van der Waals surface area contributed by atoms with E-state index in [1.807, 2.05) is 19.1 Å². The lowest BCUT2D eigenvalue weighted by Gasteiger charge is -2.07.